The Kier molecular flexibility index (Phi) is 36.9. The van der Waals surface area contributed by atoms with Crippen LogP contribution in [0.5, 0.6) is 0 Å². The molecule has 10 nitrogen and oxygen atoms in total. The molecule has 0 radical (unpaired) electrons. The summed E-state index contributed by atoms with van der Waals surface area (Å²) >= 11 is 0. The molecule has 10 heteroatoms. The maximum atomic E-state index is 11.2. The van der Waals surface area contributed by atoms with E-state index >= 15 is 0 Å². The average Bonchev–Trinajstić information content (AvgIpc) is 1.65. The van der Waals surface area contributed by atoms with Gasteiger partial charge in [0.1, 0.15) is 0 Å². The highest BCUT2D eigenvalue weighted by Crippen LogP contribution is 2.56. The molecule has 0 heterocycles. The molecular formula is C114H168O10. The predicted molar refractivity (Wildman–Crippen MR) is 509 cm³/mol. The average molecular weight is 1700 g/mol. The third kappa shape index (κ3) is 33.5. The summed E-state index contributed by atoms with van der Waals surface area (Å²) in [7, 11) is 0. The van der Waals surface area contributed by atoms with Crippen LogP contribution in [0.3, 0.4) is 0 Å². The zero-order valence-corrected chi connectivity index (χ0v) is 78.6. The Morgan fingerprint density at radius 2 is 0.298 bits per heavy atom. The summed E-state index contributed by atoms with van der Waals surface area (Å²) in [6, 6.07) is 44.4. The van der Waals surface area contributed by atoms with Crippen LogP contribution in [-0.2, 0) is 88.2 Å². The van der Waals surface area contributed by atoms with Gasteiger partial charge in [-0.1, -0.05) is 246 Å². The van der Waals surface area contributed by atoms with E-state index in [1.165, 1.54) is 280 Å². The molecule has 0 amide bonds. The number of carboxylic acids is 5. The number of aliphatic carboxylic acids is 5. The lowest BCUT2D eigenvalue weighted by molar-refractivity contribution is -0.144. The van der Waals surface area contributed by atoms with Crippen LogP contribution < -0.4 is 0 Å². The minimum Gasteiger partial charge on any atom is -0.481 e. The van der Waals surface area contributed by atoms with Crippen LogP contribution in [-0.4, -0.2) is 55.4 Å². The fourth-order valence-corrected chi connectivity index (χ4v) is 20.1. The number of benzene rings is 5. The lowest BCUT2D eigenvalue weighted by atomic mass is 9.92. The van der Waals surface area contributed by atoms with Crippen molar-refractivity contribution >= 4 is 29.8 Å². The van der Waals surface area contributed by atoms with Crippen LogP contribution in [0, 0.1) is 54.1 Å². The number of aryl methyl sites for hydroxylation is 10. The summed E-state index contributed by atoms with van der Waals surface area (Å²) in [6.07, 6.45) is 75.7. The maximum absolute atomic E-state index is 11.2. The highest BCUT2D eigenvalue weighted by molar-refractivity contribution is 5.79. The van der Waals surface area contributed by atoms with Crippen LogP contribution in [0.2, 0.25) is 0 Å². The molecule has 10 aliphatic carbocycles. The van der Waals surface area contributed by atoms with Gasteiger partial charge in [-0.15, -0.1) is 0 Å². The second kappa shape index (κ2) is 46.6. The standard InChI is InChI=1S/C25H38O2.C24H36O2.C23H34O2.C22H32O2.C20H28O2/c1-24(17-18-24)15-9-3-2-5-11-21-13-7-8-14-22(21)12-6-4-10-16-25(19-20-25)23(26)27;1-23(16-17-23)14-8-2-4-10-20-12-6-7-13-21(20)11-5-3-9-15-24(18-19-24)22(25)26;1-22(15-16-22)13-8-6-12-20-11-5-4-10-19(20)9-3-2-7-14-23(17-18-23)21(24)25;1-21(14-15-21)12-6-4-10-18-8-2-3-9-19(18)11-5-7-13-22(16-17-22)20(23)24;1-19(12-13-19)10-4-8-16-6-2-3-7-17(16)9-5-11-20(14-15-20)18(21)22/h7-8,13-14H,2-6,9-12,15-20H2,1H3,(H,26,27);6-7,12-13H,2-5,8-11,14-19H2,1H3,(H,25,26);4-5,10-11H,2-3,6-9,12-18H2,1H3,(H,24,25);2-3,8-9H,4-7,10-17H2,1H3,(H,23,24);2-3,6-7H,4-5,8-15H2,1H3,(H,21,22). The molecule has 5 aromatic rings. The first-order chi connectivity index (χ1) is 59.7. The van der Waals surface area contributed by atoms with Gasteiger partial charge in [-0.3, -0.25) is 24.0 Å². The molecule has 0 atom stereocenters. The molecule has 124 heavy (non-hydrogen) atoms. The van der Waals surface area contributed by atoms with E-state index in [1.807, 2.05) is 0 Å². The van der Waals surface area contributed by atoms with E-state index in [2.05, 4.69) is 156 Å². The molecule has 0 bridgehead atoms. The van der Waals surface area contributed by atoms with E-state index in [0.717, 1.165) is 192 Å². The molecular weight excluding hydrogens is 1530 g/mol. The molecule has 0 saturated heterocycles. The number of hydrogen-bond acceptors (Lipinski definition) is 5. The van der Waals surface area contributed by atoms with Gasteiger partial charge in [0.2, 0.25) is 0 Å². The van der Waals surface area contributed by atoms with Gasteiger partial charge < -0.3 is 25.5 Å². The molecule has 0 aliphatic heterocycles. The Bertz CT molecular complexity index is 4110. The lowest BCUT2D eigenvalue weighted by Crippen LogP contribution is -2.14. The zero-order valence-electron chi connectivity index (χ0n) is 78.6. The van der Waals surface area contributed by atoms with Crippen molar-refractivity contribution in [1.29, 1.82) is 0 Å². The first kappa shape index (κ1) is 98.1. The van der Waals surface area contributed by atoms with E-state index in [-0.39, 0.29) is 27.1 Å². The lowest BCUT2D eigenvalue weighted by Gasteiger charge is -2.13. The van der Waals surface area contributed by atoms with E-state index < -0.39 is 29.8 Å². The normalized spacial score (nSPS) is 19.6. The van der Waals surface area contributed by atoms with Crippen molar-refractivity contribution < 1.29 is 49.5 Å². The molecule has 684 valence electrons. The third-order valence-electron chi connectivity index (χ3n) is 32.8. The van der Waals surface area contributed by atoms with E-state index in [4.69, 9.17) is 0 Å². The predicted octanol–water partition coefficient (Wildman–Crippen LogP) is 30.4. The van der Waals surface area contributed by atoms with Gasteiger partial charge in [-0.05, 0) is 404 Å². The molecule has 10 fully saturated rings. The summed E-state index contributed by atoms with van der Waals surface area (Å²) in [4.78, 5) is 56.1. The van der Waals surface area contributed by atoms with Crippen molar-refractivity contribution in [3.05, 3.63) is 177 Å². The number of hydrogen-bond donors (Lipinski definition) is 5. The van der Waals surface area contributed by atoms with Gasteiger partial charge in [0.25, 0.3) is 0 Å². The largest absolute Gasteiger partial charge is 0.481 e. The van der Waals surface area contributed by atoms with Crippen molar-refractivity contribution in [3.63, 3.8) is 0 Å². The number of unbranched alkanes of at least 4 members (excludes halogenated alkanes) is 14. The Balaban J connectivity index is 0.000000151. The molecule has 0 spiro atoms. The molecule has 10 saturated carbocycles. The van der Waals surface area contributed by atoms with Gasteiger partial charge in [0.15, 0.2) is 0 Å². The van der Waals surface area contributed by atoms with Gasteiger partial charge in [0, 0.05) is 0 Å². The fraction of sp³-hybridized carbons (Fsp3) is 0.693. The van der Waals surface area contributed by atoms with Crippen LogP contribution in [0.4, 0.5) is 0 Å². The Hall–Kier alpha value is -6.55. The second-order valence-corrected chi connectivity index (χ2v) is 44.3. The quantitative estimate of drug-likeness (QED) is 0.0235. The Labute approximate surface area is 751 Å². The fourth-order valence-electron chi connectivity index (χ4n) is 20.1. The first-order valence-corrected chi connectivity index (χ1v) is 51.2. The van der Waals surface area contributed by atoms with Crippen molar-refractivity contribution in [2.24, 2.45) is 54.1 Å². The monoisotopic (exact) mass is 1700 g/mol. The molecule has 0 unspecified atom stereocenters. The van der Waals surface area contributed by atoms with Crippen LogP contribution in [0.15, 0.2) is 121 Å². The molecule has 5 N–H and O–H groups in total. The van der Waals surface area contributed by atoms with Gasteiger partial charge in [-0.2, -0.15) is 0 Å². The second-order valence-electron chi connectivity index (χ2n) is 44.3. The maximum Gasteiger partial charge on any atom is 0.309 e. The van der Waals surface area contributed by atoms with E-state index in [0.29, 0.717) is 21.7 Å². The van der Waals surface area contributed by atoms with E-state index in [1.54, 1.807) is 0 Å². The van der Waals surface area contributed by atoms with Crippen LogP contribution in [0.1, 0.15) is 437 Å². The zero-order chi connectivity index (χ0) is 88.1. The first-order valence-electron chi connectivity index (χ1n) is 51.2. The van der Waals surface area contributed by atoms with Crippen molar-refractivity contribution in [2.75, 3.05) is 0 Å². The number of carbonyl (C=O) groups is 5. The van der Waals surface area contributed by atoms with Crippen molar-refractivity contribution in [3.8, 4) is 0 Å². The molecule has 5 aromatic carbocycles. The van der Waals surface area contributed by atoms with Gasteiger partial charge in [-0.25, -0.2) is 0 Å². The summed E-state index contributed by atoms with van der Waals surface area (Å²) < 4.78 is 0. The van der Waals surface area contributed by atoms with Crippen molar-refractivity contribution in [2.45, 2.75) is 446 Å². The highest BCUT2D eigenvalue weighted by atomic mass is 16.4. The van der Waals surface area contributed by atoms with Gasteiger partial charge >= 0.3 is 29.8 Å². The highest BCUT2D eigenvalue weighted by Gasteiger charge is 2.53. The smallest absolute Gasteiger partial charge is 0.309 e. The minimum atomic E-state index is -0.585. The van der Waals surface area contributed by atoms with Crippen LogP contribution in [0.25, 0.3) is 0 Å². The number of carboxylic acid groups (broad SMARTS) is 5. The Morgan fingerprint density at radius 3 is 0.476 bits per heavy atom. The molecule has 0 aromatic heterocycles. The minimum absolute atomic E-state index is 0.337. The van der Waals surface area contributed by atoms with Crippen LogP contribution >= 0.6 is 0 Å². The summed E-state index contributed by atoms with van der Waals surface area (Å²) in [5.41, 5.74) is 16.8. The van der Waals surface area contributed by atoms with E-state index in [9.17, 15) is 49.5 Å². The summed E-state index contributed by atoms with van der Waals surface area (Å²) in [5, 5.41) is 46.2. The summed E-state index contributed by atoms with van der Waals surface area (Å²) in [6.45, 7) is 12.1. The number of rotatable bonds is 59. The summed E-state index contributed by atoms with van der Waals surface area (Å²) in [5.74, 6) is -2.87. The Morgan fingerprint density at radius 1 is 0.177 bits per heavy atom. The molecule has 10 aliphatic rings. The van der Waals surface area contributed by atoms with Crippen molar-refractivity contribution in [1.82, 2.24) is 0 Å². The third-order valence-corrected chi connectivity index (χ3v) is 32.8. The topological polar surface area (TPSA) is 186 Å². The van der Waals surface area contributed by atoms with Gasteiger partial charge in [0.05, 0.1) is 27.1 Å². The SMILES string of the molecule is CC1(CCCCCCc2ccccc2CCCCCC2(C(=O)O)CC2)CC1.CC1(CCCCCc2ccccc2CCCCCC2(C(=O)O)CC2)CC1.CC1(CCCCc2ccccc2CCCCC2(C(=O)O)CC2)CC1.CC1(CCCCc2ccccc2CCCCCC2(C(=O)O)CC2)CC1.CC1(CCCc2ccccc2CCCC2(C(=O)O)CC2)CC1. The molecule has 15 rings (SSSR count).